The van der Waals surface area contributed by atoms with Crippen molar-refractivity contribution in [3.05, 3.63) is 40.8 Å². The molecule has 1 aromatic rings. The number of esters is 1. The van der Waals surface area contributed by atoms with Gasteiger partial charge in [-0.25, -0.2) is 4.79 Å². The summed E-state index contributed by atoms with van der Waals surface area (Å²) in [4.78, 5) is 60.3. The molecule has 10 heteroatoms. The maximum Gasteiger partial charge on any atom is 0.330 e. The molecule has 1 rings (SSSR count). The van der Waals surface area contributed by atoms with E-state index in [1.54, 1.807) is 6.07 Å². The number of anilines is 1. The summed E-state index contributed by atoms with van der Waals surface area (Å²) < 4.78 is 5.71. The zero-order valence-electron chi connectivity index (χ0n) is 19.7. The summed E-state index contributed by atoms with van der Waals surface area (Å²) in [5, 5.41) is 7.89. The molecule has 0 aliphatic carbocycles. The van der Waals surface area contributed by atoms with E-state index in [2.05, 4.69) is 34.5 Å². The highest BCUT2D eigenvalue weighted by molar-refractivity contribution is 5.96. The fraction of sp³-hybridized carbons (Fsp3) is 0.522. The van der Waals surface area contributed by atoms with Crippen molar-refractivity contribution in [1.29, 1.82) is 0 Å². The van der Waals surface area contributed by atoms with Gasteiger partial charge >= 0.3 is 5.97 Å². The molecule has 1 heterocycles. The molecule has 1 unspecified atom stereocenters. The number of amides is 3. The summed E-state index contributed by atoms with van der Waals surface area (Å²) in [5.41, 5.74) is -0.536. The van der Waals surface area contributed by atoms with E-state index in [9.17, 15) is 24.0 Å². The highest BCUT2D eigenvalue weighted by atomic mass is 16.5. The molecule has 1 atom stereocenters. The van der Waals surface area contributed by atoms with Gasteiger partial charge in [0.2, 0.25) is 17.7 Å². The molecule has 0 aliphatic rings. The lowest BCUT2D eigenvalue weighted by atomic mass is 10.0. The van der Waals surface area contributed by atoms with E-state index in [1.165, 1.54) is 43.0 Å². The highest BCUT2D eigenvalue weighted by Crippen LogP contribution is 2.06. The van der Waals surface area contributed by atoms with E-state index in [1.807, 2.05) is 0 Å². The number of nitrogens with one attached hydrogen (secondary N) is 3. The minimum Gasteiger partial charge on any atom is -0.466 e. The molecule has 0 radical (unpaired) electrons. The van der Waals surface area contributed by atoms with Crippen LogP contribution in [0.1, 0.15) is 46.5 Å². The fourth-order valence-corrected chi connectivity index (χ4v) is 3.05. The van der Waals surface area contributed by atoms with Crippen molar-refractivity contribution in [2.45, 2.75) is 59.0 Å². The summed E-state index contributed by atoms with van der Waals surface area (Å²) in [7, 11) is 1.25. The number of methoxy groups -OCH3 is 1. The molecular weight excluding hydrogens is 428 g/mol. The Kier molecular flexibility index (Phi) is 12.2. The van der Waals surface area contributed by atoms with E-state index in [-0.39, 0.29) is 24.6 Å². The van der Waals surface area contributed by atoms with Crippen LogP contribution in [-0.2, 0) is 30.5 Å². The Bertz CT molecular complexity index is 904. The van der Waals surface area contributed by atoms with Crippen LogP contribution in [-0.4, -0.2) is 48.0 Å². The summed E-state index contributed by atoms with van der Waals surface area (Å²) in [6, 6.07) is 2.07. The Morgan fingerprint density at radius 2 is 1.88 bits per heavy atom. The van der Waals surface area contributed by atoms with Crippen molar-refractivity contribution in [2.75, 3.05) is 19.0 Å². The maximum atomic E-state index is 12.7. The maximum absolute atomic E-state index is 12.7. The molecule has 182 valence electrons. The van der Waals surface area contributed by atoms with Crippen molar-refractivity contribution >= 4 is 29.4 Å². The van der Waals surface area contributed by atoms with Crippen LogP contribution in [0.4, 0.5) is 5.69 Å². The van der Waals surface area contributed by atoms with E-state index in [0.717, 1.165) is 12.8 Å². The molecule has 0 fully saturated rings. The monoisotopic (exact) mass is 462 g/mol. The molecule has 3 amide bonds. The normalized spacial score (nSPS) is 11.8. The molecular formula is C23H34N4O6. The summed E-state index contributed by atoms with van der Waals surface area (Å²) in [6.07, 6.45) is 6.66. The summed E-state index contributed by atoms with van der Waals surface area (Å²) >= 11 is 0. The Labute approximate surface area is 193 Å². The van der Waals surface area contributed by atoms with E-state index >= 15 is 0 Å². The lowest BCUT2D eigenvalue weighted by molar-refractivity contribution is -0.134. The van der Waals surface area contributed by atoms with Crippen LogP contribution >= 0.6 is 0 Å². The average Bonchev–Trinajstić information content (AvgIpc) is 2.78. The number of ether oxygens (including phenoxy) is 1. The zero-order chi connectivity index (χ0) is 24.8. The van der Waals surface area contributed by atoms with Gasteiger partial charge in [0, 0.05) is 25.7 Å². The van der Waals surface area contributed by atoms with Crippen molar-refractivity contribution in [3.8, 4) is 0 Å². The number of aromatic nitrogens is 1. The van der Waals surface area contributed by atoms with Gasteiger partial charge < -0.3 is 25.3 Å². The molecule has 3 N–H and O–H groups in total. The van der Waals surface area contributed by atoms with Crippen molar-refractivity contribution < 1.29 is 23.9 Å². The van der Waals surface area contributed by atoms with Gasteiger partial charge in [-0.3, -0.25) is 19.2 Å². The van der Waals surface area contributed by atoms with Gasteiger partial charge in [0.05, 0.1) is 7.11 Å². The third-order valence-corrected chi connectivity index (χ3v) is 5.11. The fourth-order valence-electron chi connectivity index (χ4n) is 3.05. The van der Waals surface area contributed by atoms with Crippen molar-refractivity contribution in [1.82, 2.24) is 15.2 Å². The second-order valence-electron chi connectivity index (χ2n) is 7.59. The Hall–Kier alpha value is -3.43. The number of hydrogen-bond acceptors (Lipinski definition) is 6. The van der Waals surface area contributed by atoms with Crippen LogP contribution < -0.4 is 21.5 Å². The quantitative estimate of drug-likeness (QED) is 0.299. The second kappa shape index (κ2) is 14.6. The number of hydrogen-bond donors (Lipinski definition) is 3. The Balaban J connectivity index is 2.83. The first kappa shape index (κ1) is 27.6. The first-order chi connectivity index (χ1) is 15.7. The van der Waals surface area contributed by atoms with Gasteiger partial charge in [-0.2, -0.15) is 0 Å². The van der Waals surface area contributed by atoms with Gasteiger partial charge in [0.1, 0.15) is 18.3 Å². The molecule has 0 spiro atoms. The smallest absolute Gasteiger partial charge is 0.330 e. The van der Waals surface area contributed by atoms with Crippen LogP contribution in [0.3, 0.4) is 0 Å². The predicted octanol–water partition coefficient (Wildman–Crippen LogP) is 1.35. The number of carbonyl (C=O) groups is 4. The van der Waals surface area contributed by atoms with E-state index in [0.29, 0.717) is 18.9 Å². The van der Waals surface area contributed by atoms with Gasteiger partial charge in [-0.05, 0) is 30.9 Å². The molecule has 10 nitrogen and oxygen atoms in total. The lowest BCUT2D eigenvalue weighted by Gasteiger charge is -2.17. The van der Waals surface area contributed by atoms with Crippen LogP contribution in [0.15, 0.2) is 35.3 Å². The standard InChI is InChI=1S/C23H34N4O6/c1-5-17(6-2)14-24-20(29)15-27-13-9-11-19(23(27)32)26-22(31)18(25-16(3)28)10-7-8-12-21(30)33-4/h8-9,11-13,17-18H,5-7,10,14-15H2,1-4H3,(H,24,29)(H,25,28)(H,26,31)/b12-8+. The minimum absolute atomic E-state index is 0.00394. The molecule has 0 saturated heterocycles. The SMILES string of the molecule is CCC(CC)CNC(=O)Cn1cccc(NC(=O)C(CC/C=C/C(=O)OC)NC(C)=O)c1=O. The molecule has 0 aromatic carbocycles. The van der Waals surface area contributed by atoms with Crippen LogP contribution in [0.5, 0.6) is 0 Å². The topological polar surface area (TPSA) is 136 Å². The molecule has 0 saturated carbocycles. The molecule has 0 aliphatic heterocycles. The van der Waals surface area contributed by atoms with Crippen LogP contribution in [0.2, 0.25) is 0 Å². The van der Waals surface area contributed by atoms with E-state index in [4.69, 9.17) is 0 Å². The molecule has 0 bridgehead atoms. The number of allylic oxidation sites excluding steroid dienone is 1. The third kappa shape index (κ3) is 10.2. The second-order valence-corrected chi connectivity index (χ2v) is 7.59. The lowest BCUT2D eigenvalue weighted by Crippen LogP contribution is -2.44. The van der Waals surface area contributed by atoms with Crippen LogP contribution in [0.25, 0.3) is 0 Å². The average molecular weight is 463 g/mol. The molecule has 33 heavy (non-hydrogen) atoms. The summed E-state index contributed by atoms with van der Waals surface area (Å²) in [6.45, 7) is 5.76. The number of pyridine rings is 1. The first-order valence-corrected chi connectivity index (χ1v) is 11.0. The van der Waals surface area contributed by atoms with Crippen molar-refractivity contribution in [3.63, 3.8) is 0 Å². The van der Waals surface area contributed by atoms with Gasteiger partial charge in [-0.15, -0.1) is 0 Å². The summed E-state index contributed by atoms with van der Waals surface area (Å²) in [5.74, 6) is -1.42. The van der Waals surface area contributed by atoms with Gasteiger partial charge in [0.25, 0.3) is 5.56 Å². The minimum atomic E-state index is -0.916. The highest BCUT2D eigenvalue weighted by Gasteiger charge is 2.20. The number of rotatable bonds is 13. The van der Waals surface area contributed by atoms with Gasteiger partial charge in [-0.1, -0.05) is 32.8 Å². The predicted molar refractivity (Wildman–Crippen MR) is 124 cm³/mol. The molecule has 1 aromatic heterocycles. The Morgan fingerprint density at radius 3 is 2.48 bits per heavy atom. The van der Waals surface area contributed by atoms with Crippen LogP contribution in [0, 0.1) is 5.92 Å². The Morgan fingerprint density at radius 1 is 1.18 bits per heavy atom. The van der Waals surface area contributed by atoms with Crippen molar-refractivity contribution in [2.24, 2.45) is 5.92 Å². The first-order valence-electron chi connectivity index (χ1n) is 11.0. The largest absolute Gasteiger partial charge is 0.466 e. The zero-order valence-corrected chi connectivity index (χ0v) is 19.7. The van der Waals surface area contributed by atoms with E-state index < -0.39 is 29.4 Å². The van der Waals surface area contributed by atoms with Gasteiger partial charge in [0.15, 0.2) is 0 Å². The third-order valence-electron chi connectivity index (χ3n) is 5.11. The number of nitrogens with zero attached hydrogens (tertiary/aromatic N) is 1. The number of carbonyl (C=O) groups excluding carboxylic acids is 4.